The fraction of sp³-hybridized carbons (Fsp3) is 0.636. The van der Waals surface area contributed by atoms with Gasteiger partial charge in [0.2, 0.25) is 5.91 Å². The molecule has 2 rings (SSSR count). The van der Waals surface area contributed by atoms with Gasteiger partial charge in [-0.2, -0.15) is 0 Å². The van der Waals surface area contributed by atoms with Crippen LogP contribution in [0.1, 0.15) is 17.9 Å². The first-order chi connectivity index (χ1) is 9.47. The molecule has 0 aliphatic carbocycles. The van der Waals surface area contributed by atoms with Gasteiger partial charge in [-0.15, -0.1) is 0 Å². The zero-order valence-electron chi connectivity index (χ0n) is 11.0. The third-order valence-electron chi connectivity index (χ3n) is 2.99. The quantitative estimate of drug-likeness (QED) is 0.490. The minimum atomic E-state index is -0.940. The van der Waals surface area contributed by atoms with Gasteiger partial charge in [0.15, 0.2) is 5.82 Å². The number of aromatic amines is 1. The topological polar surface area (TPSA) is 130 Å². The summed E-state index contributed by atoms with van der Waals surface area (Å²) in [7, 11) is 0. The van der Waals surface area contributed by atoms with Crippen LogP contribution in [0.4, 0.5) is 5.82 Å². The van der Waals surface area contributed by atoms with Crippen LogP contribution in [-0.2, 0) is 16.0 Å². The van der Waals surface area contributed by atoms with Crippen LogP contribution in [0.25, 0.3) is 0 Å². The van der Waals surface area contributed by atoms with Gasteiger partial charge >= 0.3 is 5.82 Å². The molecule has 1 amide bonds. The van der Waals surface area contributed by atoms with E-state index in [4.69, 9.17) is 4.74 Å². The monoisotopic (exact) mass is 284 g/mol. The van der Waals surface area contributed by atoms with E-state index in [9.17, 15) is 20.0 Å². The Morgan fingerprint density at radius 2 is 2.40 bits per heavy atom. The first kappa shape index (κ1) is 14.4. The summed E-state index contributed by atoms with van der Waals surface area (Å²) in [5.74, 6) is -0.0934. The fourth-order valence-electron chi connectivity index (χ4n) is 2.11. The molecule has 2 heterocycles. The third kappa shape index (κ3) is 3.31. The maximum Gasteiger partial charge on any atom is 0.343 e. The molecule has 9 heteroatoms. The Morgan fingerprint density at radius 3 is 3.05 bits per heavy atom. The van der Waals surface area contributed by atoms with E-state index in [1.165, 1.54) is 0 Å². The molecule has 1 aromatic rings. The Bertz CT molecular complexity index is 515. The van der Waals surface area contributed by atoms with Gasteiger partial charge < -0.3 is 25.3 Å². The predicted octanol–water partition coefficient (Wildman–Crippen LogP) is -0.565. The maximum absolute atomic E-state index is 11.5. The van der Waals surface area contributed by atoms with E-state index in [2.05, 4.69) is 15.3 Å². The summed E-state index contributed by atoms with van der Waals surface area (Å²) in [6.07, 6.45) is -1.59. The Labute approximate surface area is 114 Å². The molecule has 1 aliphatic rings. The van der Waals surface area contributed by atoms with Gasteiger partial charge in [-0.3, -0.25) is 4.79 Å². The average Bonchev–Trinajstić information content (AvgIpc) is 2.73. The SMILES string of the molecule is Cc1nc(CC(O)CC2OCCNC2=O)c([N+](=O)[O-])[nH]1. The van der Waals surface area contributed by atoms with E-state index >= 15 is 0 Å². The maximum atomic E-state index is 11.5. The van der Waals surface area contributed by atoms with Crippen LogP contribution in [0.3, 0.4) is 0 Å². The Kier molecular flexibility index (Phi) is 4.30. The number of carbonyl (C=O) groups is 1. The fourth-order valence-corrected chi connectivity index (χ4v) is 2.11. The summed E-state index contributed by atoms with van der Waals surface area (Å²) in [6.45, 7) is 2.45. The van der Waals surface area contributed by atoms with Gasteiger partial charge in [-0.1, -0.05) is 0 Å². The number of imidazole rings is 1. The number of aliphatic hydroxyl groups excluding tert-OH is 1. The lowest BCUT2D eigenvalue weighted by Gasteiger charge is -2.24. The molecule has 2 atom stereocenters. The summed E-state index contributed by atoms with van der Waals surface area (Å²) in [4.78, 5) is 28.2. The summed E-state index contributed by atoms with van der Waals surface area (Å²) in [5, 5.41) is 23.4. The van der Waals surface area contributed by atoms with E-state index in [1.54, 1.807) is 6.92 Å². The number of hydrogen-bond donors (Lipinski definition) is 3. The molecule has 0 saturated carbocycles. The van der Waals surface area contributed by atoms with Crippen molar-refractivity contribution >= 4 is 11.7 Å². The molecule has 0 aromatic carbocycles. The molecule has 1 aromatic heterocycles. The smallest absolute Gasteiger partial charge is 0.343 e. The Hall–Kier alpha value is -2.00. The standard InChI is InChI=1S/C11H16N4O5/c1-6-13-8(10(14-6)15(18)19)4-7(16)5-9-11(17)12-2-3-20-9/h7,9,16H,2-5H2,1H3,(H,12,17)(H,13,14). The second-order valence-electron chi connectivity index (χ2n) is 4.62. The van der Waals surface area contributed by atoms with Gasteiger partial charge in [0.25, 0.3) is 0 Å². The highest BCUT2D eigenvalue weighted by Crippen LogP contribution is 2.18. The molecule has 1 fully saturated rings. The summed E-state index contributed by atoms with van der Waals surface area (Å²) < 4.78 is 5.25. The molecular formula is C11H16N4O5. The van der Waals surface area contributed by atoms with Crippen LogP contribution < -0.4 is 5.32 Å². The van der Waals surface area contributed by atoms with Gasteiger partial charge in [-0.05, 0) is 4.92 Å². The van der Waals surface area contributed by atoms with E-state index < -0.39 is 17.1 Å². The van der Waals surface area contributed by atoms with Gasteiger partial charge in [-0.25, -0.2) is 9.97 Å². The molecule has 110 valence electrons. The lowest BCUT2D eigenvalue weighted by atomic mass is 10.1. The van der Waals surface area contributed by atoms with Crippen molar-refractivity contribution < 1.29 is 19.6 Å². The molecule has 0 bridgehead atoms. The molecular weight excluding hydrogens is 268 g/mol. The highest BCUT2D eigenvalue weighted by molar-refractivity contribution is 5.81. The van der Waals surface area contributed by atoms with Crippen molar-refractivity contribution in [3.63, 3.8) is 0 Å². The summed E-state index contributed by atoms with van der Waals surface area (Å²) in [5.41, 5.74) is 0.177. The van der Waals surface area contributed by atoms with Crippen LogP contribution in [0.15, 0.2) is 0 Å². The number of amides is 1. The van der Waals surface area contributed by atoms with Crippen LogP contribution in [0, 0.1) is 17.0 Å². The first-order valence-electron chi connectivity index (χ1n) is 6.24. The van der Waals surface area contributed by atoms with Crippen LogP contribution >= 0.6 is 0 Å². The molecule has 1 aliphatic heterocycles. The minimum Gasteiger partial charge on any atom is -0.393 e. The number of hydrogen-bond acceptors (Lipinski definition) is 6. The molecule has 9 nitrogen and oxygen atoms in total. The number of carbonyl (C=O) groups excluding carboxylic acids is 1. The van der Waals surface area contributed by atoms with E-state index in [-0.39, 0.29) is 30.3 Å². The van der Waals surface area contributed by atoms with Crippen LogP contribution in [0.5, 0.6) is 0 Å². The Morgan fingerprint density at radius 1 is 1.65 bits per heavy atom. The third-order valence-corrected chi connectivity index (χ3v) is 2.99. The zero-order valence-corrected chi connectivity index (χ0v) is 11.0. The van der Waals surface area contributed by atoms with Gasteiger partial charge in [0, 0.05) is 26.3 Å². The number of H-pyrrole nitrogens is 1. The van der Waals surface area contributed by atoms with Crippen molar-refractivity contribution in [3.05, 3.63) is 21.6 Å². The number of nitrogens with zero attached hydrogens (tertiary/aromatic N) is 2. The van der Waals surface area contributed by atoms with Crippen molar-refractivity contribution in [2.45, 2.75) is 32.0 Å². The highest BCUT2D eigenvalue weighted by Gasteiger charge is 2.28. The van der Waals surface area contributed by atoms with E-state index in [0.29, 0.717) is 19.0 Å². The molecule has 0 spiro atoms. The van der Waals surface area contributed by atoms with Crippen LogP contribution in [-0.4, -0.2) is 51.3 Å². The summed E-state index contributed by atoms with van der Waals surface area (Å²) >= 11 is 0. The molecule has 2 unspecified atom stereocenters. The van der Waals surface area contributed by atoms with Crippen molar-refractivity contribution in [2.24, 2.45) is 0 Å². The van der Waals surface area contributed by atoms with Gasteiger partial charge in [0.1, 0.15) is 11.8 Å². The molecule has 3 N–H and O–H groups in total. The zero-order chi connectivity index (χ0) is 14.7. The van der Waals surface area contributed by atoms with Gasteiger partial charge in [0.05, 0.1) is 12.7 Å². The van der Waals surface area contributed by atoms with Crippen LogP contribution in [0.2, 0.25) is 0 Å². The van der Waals surface area contributed by atoms with Crippen molar-refractivity contribution in [1.82, 2.24) is 15.3 Å². The second kappa shape index (κ2) is 5.97. The second-order valence-corrected chi connectivity index (χ2v) is 4.62. The number of rotatable bonds is 5. The molecule has 0 radical (unpaired) electrons. The Balaban J connectivity index is 1.99. The average molecular weight is 284 g/mol. The number of aliphatic hydroxyl groups is 1. The molecule has 1 saturated heterocycles. The largest absolute Gasteiger partial charge is 0.393 e. The minimum absolute atomic E-state index is 0.00616. The van der Waals surface area contributed by atoms with Crippen molar-refractivity contribution in [1.29, 1.82) is 0 Å². The number of morpholine rings is 1. The van der Waals surface area contributed by atoms with E-state index in [1.807, 2.05) is 0 Å². The predicted molar refractivity (Wildman–Crippen MR) is 67.1 cm³/mol. The van der Waals surface area contributed by atoms with Crippen molar-refractivity contribution in [2.75, 3.05) is 13.2 Å². The number of ether oxygens (including phenoxy) is 1. The summed E-state index contributed by atoms with van der Waals surface area (Å²) in [6, 6.07) is 0. The van der Waals surface area contributed by atoms with Crippen molar-refractivity contribution in [3.8, 4) is 0 Å². The lowest BCUT2D eigenvalue weighted by Crippen LogP contribution is -2.45. The van der Waals surface area contributed by atoms with E-state index in [0.717, 1.165) is 0 Å². The number of nitro groups is 1. The first-order valence-corrected chi connectivity index (χ1v) is 6.24. The molecule has 20 heavy (non-hydrogen) atoms. The lowest BCUT2D eigenvalue weighted by molar-refractivity contribution is -0.390. The highest BCUT2D eigenvalue weighted by atomic mass is 16.6. The number of aryl methyl sites for hydroxylation is 1. The normalized spacial score (nSPS) is 20.5. The number of nitrogens with one attached hydrogen (secondary N) is 2. The number of aromatic nitrogens is 2.